The average molecular weight is 362 g/mol. The third-order valence-corrected chi connectivity index (χ3v) is 5.11. The number of hydrogen-bond acceptors (Lipinski definition) is 4. The second kappa shape index (κ2) is 7.92. The molecule has 1 saturated heterocycles. The van der Waals surface area contributed by atoms with Gasteiger partial charge in [0.1, 0.15) is 11.9 Å². The quantitative estimate of drug-likeness (QED) is 0.690. The van der Waals surface area contributed by atoms with Gasteiger partial charge in [-0.1, -0.05) is 18.2 Å². The standard InChI is InChI=1S/C22H26N4O/c1-17-15-18(2)26(24-17)22-6-4-3-5-19(22)16-25-13-9-21(10-14-25)27-20-7-11-23-12-8-20/h3-8,11-12,15,21H,9-10,13-14,16H2,1-2H3. The number of rotatable bonds is 5. The van der Waals surface area contributed by atoms with Gasteiger partial charge in [-0.2, -0.15) is 5.10 Å². The van der Waals surface area contributed by atoms with Gasteiger partial charge in [-0.3, -0.25) is 9.88 Å². The average Bonchev–Trinajstić information content (AvgIpc) is 3.03. The summed E-state index contributed by atoms with van der Waals surface area (Å²) in [5.41, 5.74) is 4.72. The van der Waals surface area contributed by atoms with Crippen LogP contribution in [0.5, 0.6) is 5.75 Å². The Morgan fingerprint density at radius 1 is 1.04 bits per heavy atom. The highest BCUT2D eigenvalue weighted by atomic mass is 16.5. The lowest BCUT2D eigenvalue weighted by Crippen LogP contribution is -2.38. The molecule has 1 aromatic carbocycles. The van der Waals surface area contributed by atoms with Crippen LogP contribution >= 0.6 is 0 Å². The maximum absolute atomic E-state index is 6.08. The highest BCUT2D eigenvalue weighted by Gasteiger charge is 2.21. The fraction of sp³-hybridized carbons (Fsp3) is 0.364. The van der Waals surface area contributed by atoms with E-state index in [1.165, 1.54) is 16.9 Å². The Labute approximate surface area is 160 Å². The number of para-hydroxylation sites is 1. The predicted molar refractivity (Wildman–Crippen MR) is 106 cm³/mol. The molecule has 0 bridgehead atoms. The van der Waals surface area contributed by atoms with Crippen molar-refractivity contribution in [2.24, 2.45) is 0 Å². The maximum Gasteiger partial charge on any atom is 0.122 e. The molecule has 0 aliphatic carbocycles. The van der Waals surface area contributed by atoms with Gasteiger partial charge >= 0.3 is 0 Å². The van der Waals surface area contributed by atoms with Crippen molar-refractivity contribution < 1.29 is 4.74 Å². The van der Waals surface area contributed by atoms with Gasteiger partial charge < -0.3 is 4.74 Å². The highest BCUT2D eigenvalue weighted by molar-refractivity contribution is 5.42. The molecule has 0 spiro atoms. The molecule has 0 atom stereocenters. The molecule has 0 radical (unpaired) electrons. The van der Waals surface area contributed by atoms with Crippen LogP contribution in [0.15, 0.2) is 54.9 Å². The Kier molecular flexibility index (Phi) is 5.21. The van der Waals surface area contributed by atoms with Crippen molar-refractivity contribution in [1.29, 1.82) is 0 Å². The van der Waals surface area contributed by atoms with Crippen LogP contribution in [0.25, 0.3) is 5.69 Å². The summed E-state index contributed by atoms with van der Waals surface area (Å²) in [7, 11) is 0. The molecule has 3 heterocycles. The minimum atomic E-state index is 0.287. The summed E-state index contributed by atoms with van der Waals surface area (Å²) in [4.78, 5) is 6.55. The van der Waals surface area contributed by atoms with E-state index in [9.17, 15) is 0 Å². The van der Waals surface area contributed by atoms with Gasteiger partial charge in [-0.25, -0.2) is 4.68 Å². The number of aryl methyl sites for hydroxylation is 2. The second-order valence-electron chi connectivity index (χ2n) is 7.24. The molecule has 0 N–H and O–H groups in total. The van der Waals surface area contributed by atoms with E-state index in [0.29, 0.717) is 0 Å². The normalized spacial score (nSPS) is 15.8. The number of aromatic nitrogens is 3. The van der Waals surface area contributed by atoms with Crippen LogP contribution in [-0.4, -0.2) is 38.9 Å². The van der Waals surface area contributed by atoms with Gasteiger partial charge in [0.05, 0.1) is 11.4 Å². The van der Waals surface area contributed by atoms with Crippen molar-refractivity contribution in [2.45, 2.75) is 39.3 Å². The minimum Gasteiger partial charge on any atom is -0.490 e. The smallest absolute Gasteiger partial charge is 0.122 e. The zero-order valence-electron chi connectivity index (χ0n) is 16.0. The number of pyridine rings is 1. The Bertz CT molecular complexity index is 882. The van der Waals surface area contributed by atoms with Gasteiger partial charge in [-0.15, -0.1) is 0 Å². The molecule has 1 aliphatic rings. The highest BCUT2D eigenvalue weighted by Crippen LogP contribution is 2.22. The summed E-state index contributed by atoms with van der Waals surface area (Å²) < 4.78 is 8.14. The van der Waals surface area contributed by atoms with Crippen LogP contribution in [0.3, 0.4) is 0 Å². The Morgan fingerprint density at radius 2 is 1.78 bits per heavy atom. The summed E-state index contributed by atoms with van der Waals surface area (Å²) in [5.74, 6) is 0.915. The van der Waals surface area contributed by atoms with Crippen LogP contribution in [0.2, 0.25) is 0 Å². The monoisotopic (exact) mass is 362 g/mol. The van der Waals surface area contributed by atoms with E-state index in [4.69, 9.17) is 4.74 Å². The van der Waals surface area contributed by atoms with Crippen molar-refractivity contribution in [3.63, 3.8) is 0 Å². The molecule has 1 fully saturated rings. The minimum absolute atomic E-state index is 0.287. The molecule has 140 valence electrons. The van der Waals surface area contributed by atoms with Crippen LogP contribution < -0.4 is 4.74 Å². The van der Waals surface area contributed by atoms with E-state index in [-0.39, 0.29) is 6.10 Å². The summed E-state index contributed by atoms with van der Waals surface area (Å²) in [6.07, 6.45) is 5.94. The number of ether oxygens (including phenoxy) is 1. The first kappa shape index (κ1) is 17.7. The zero-order chi connectivity index (χ0) is 18.6. The number of benzene rings is 1. The fourth-order valence-electron chi connectivity index (χ4n) is 3.76. The van der Waals surface area contributed by atoms with Crippen molar-refractivity contribution in [2.75, 3.05) is 13.1 Å². The largest absolute Gasteiger partial charge is 0.490 e. The molecule has 5 heteroatoms. The van der Waals surface area contributed by atoms with E-state index in [1.54, 1.807) is 12.4 Å². The molecular weight excluding hydrogens is 336 g/mol. The van der Waals surface area contributed by atoms with Gasteiger partial charge in [0.15, 0.2) is 0 Å². The maximum atomic E-state index is 6.08. The van der Waals surface area contributed by atoms with Crippen LogP contribution in [-0.2, 0) is 6.54 Å². The molecule has 0 unspecified atom stereocenters. The SMILES string of the molecule is Cc1cc(C)n(-c2ccccc2CN2CCC(Oc3ccncc3)CC2)n1. The van der Waals surface area contributed by atoms with E-state index >= 15 is 0 Å². The number of nitrogens with zero attached hydrogens (tertiary/aromatic N) is 4. The first-order valence-corrected chi connectivity index (χ1v) is 9.59. The molecule has 27 heavy (non-hydrogen) atoms. The van der Waals surface area contributed by atoms with Crippen LogP contribution in [0.1, 0.15) is 29.8 Å². The number of likely N-dealkylation sites (tertiary alicyclic amines) is 1. The lowest BCUT2D eigenvalue weighted by Gasteiger charge is -2.32. The van der Waals surface area contributed by atoms with Crippen molar-refractivity contribution in [1.82, 2.24) is 19.7 Å². The van der Waals surface area contributed by atoms with Gasteiger partial charge in [-0.05, 0) is 56.5 Å². The van der Waals surface area contributed by atoms with E-state index in [1.807, 2.05) is 19.1 Å². The third-order valence-electron chi connectivity index (χ3n) is 5.11. The first-order chi connectivity index (χ1) is 13.2. The van der Waals surface area contributed by atoms with Crippen molar-refractivity contribution >= 4 is 0 Å². The third kappa shape index (κ3) is 4.19. The van der Waals surface area contributed by atoms with Gasteiger partial charge in [0.25, 0.3) is 0 Å². The van der Waals surface area contributed by atoms with Crippen LogP contribution in [0, 0.1) is 13.8 Å². The molecule has 0 amide bonds. The molecular formula is C22H26N4O. The number of hydrogen-bond donors (Lipinski definition) is 0. The molecule has 1 aliphatic heterocycles. The summed E-state index contributed by atoms with van der Waals surface area (Å²) in [6, 6.07) is 14.6. The fourth-order valence-corrected chi connectivity index (χ4v) is 3.76. The Hall–Kier alpha value is -2.66. The first-order valence-electron chi connectivity index (χ1n) is 9.59. The van der Waals surface area contributed by atoms with Crippen molar-refractivity contribution in [3.05, 3.63) is 71.8 Å². The molecule has 5 nitrogen and oxygen atoms in total. The number of piperidine rings is 1. The molecule has 0 saturated carbocycles. The summed E-state index contributed by atoms with van der Waals surface area (Å²) >= 11 is 0. The molecule has 2 aromatic heterocycles. The zero-order valence-corrected chi connectivity index (χ0v) is 16.0. The van der Waals surface area contributed by atoms with E-state index in [0.717, 1.165) is 43.9 Å². The summed E-state index contributed by atoms with van der Waals surface area (Å²) in [5, 5.41) is 4.67. The molecule has 4 rings (SSSR count). The van der Waals surface area contributed by atoms with Gasteiger partial charge in [0, 0.05) is 37.7 Å². The van der Waals surface area contributed by atoms with Crippen molar-refractivity contribution in [3.8, 4) is 11.4 Å². The second-order valence-corrected chi connectivity index (χ2v) is 7.24. The Morgan fingerprint density at radius 3 is 2.48 bits per heavy atom. The predicted octanol–water partition coefficient (Wildman–Crippen LogP) is 3.93. The van der Waals surface area contributed by atoms with Crippen LogP contribution in [0.4, 0.5) is 0 Å². The Balaban J connectivity index is 1.40. The van der Waals surface area contributed by atoms with E-state index in [2.05, 4.69) is 56.9 Å². The summed E-state index contributed by atoms with van der Waals surface area (Å²) in [6.45, 7) is 7.18. The lowest BCUT2D eigenvalue weighted by atomic mass is 10.1. The molecule has 3 aromatic rings. The topological polar surface area (TPSA) is 43.2 Å². The van der Waals surface area contributed by atoms with E-state index < -0.39 is 0 Å². The lowest BCUT2D eigenvalue weighted by molar-refractivity contribution is 0.0967. The van der Waals surface area contributed by atoms with Gasteiger partial charge in [0.2, 0.25) is 0 Å².